The summed E-state index contributed by atoms with van der Waals surface area (Å²) >= 11 is 0. The molecule has 1 amide bonds. The molecule has 0 aromatic carbocycles. The van der Waals surface area contributed by atoms with Crippen LogP contribution in [0.5, 0.6) is 0 Å². The molecule has 1 aliphatic heterocycles. The maximum atomic E-state index is 12.4. The summed E-state index contributed by atoms with van der Waals surface area (Å²) in [7, 11) is 0. The molecular formula is C18H25N5O2. The van der Waals surface area contributed by atoms with Gasteiger partial charge >= 0.3 is 0 Å². The van der Waals surface area contributed by atoms with E-state index >= 15 is 0 Å². The van der Waals surface area contributed by atoms with Crippen molar-refractivity contribution in [2.45, 2.75) is 45.6 Å². The number of anilines is 1. The zero-order valence-electron chi connectivity index (χ0n) is 14.9. The number of pyridine rings is 1. The lowest BCUT2D eigenvalue weighted by molar-refractivity contribution is -0.00546. The van der Waals surface area contributed by atoms with Crippen molar-refractivity contribution >= 4 is 11.7 Å². The fraction of sp³-hybridized carbons (Fsp3) is 0.500. The van der Waals surface area contributed by atoms with Crippen LogP contribution in [-0.2, 0) is 11.3 Å². The first-order valence-corrected chi connectivity index (χ1v) is 8.66. The van der Waals surface area contributed by atoms with Crippen molar-refractivity contribution in [1.29, 1.82) is 0 Å². The molecule has 1 fully saturated rings. The number of nitrogens with one attached hydrogen (secondary N) is 1. The third-order valence-corrected chi connectivity index (χ3v) is 4.15. The Morgan fingerprint density at radius 1 is 1.36 bits per heavy atom. The lowest BCUT2D eigenvalue weighted by Crippen LogP contribution is -2.45. The van der Waals surface area contributed by atoms with Gasteiger partial charge in [0, 0.05) is 37.7 Å². The molecule has 2 aromatic heterocycles. The van der Waals surface area contributed by atoms with Crippen LogP contribution in [0.25, 0.3) is 0 Å². The van der Waals surface area contributed by atoms with Crippen molar-refractivity contribution in [3.05, 3.63) is 42.4 Å². The number of carbonyl (C=O) groups excluding carboxylic acids is 1. The van der Waals surface area contributed by atoms with Gasteiger partial charge in [-0.15, -0.1) is 0 Å². The van der Waals surface area contributed by atoms with E-state index in [4.69, 9.17) is 4.74 Å². The average molecular weight is 343 g/mol. The van der Waals surface area contributed by atoms with Crippen molar-refractivity contribution in [2.75, 3.05) is 18.0 Å². The molecule has 25 heavy (non-hydrogen) atoms. The van der Waals surface area contributed by atoms with Crippen LogP contribution >= 0.6 is 0 Å². The molecule has 3 rings (SSSR count). The van der Waals surface area contributed by atoms with Gasteiger partial charge in [-0.2, -0.15) is 5.10 Å². The van der Waals surface area contributed by atoms with Gasteiger partial charge in [0.15, 0.2) is 0 Å². The summed E-state index contributed by atoms with van der Waals surface area (Å²) in [5, 5.41) is 7.12. The minimum atomic E-state index is -0.123. The Kier molecular flexibility index (Phi) is 5.33. The number of carbonyl (C=O) groups is 1. The predicted molar refractivity (Wildman–Crippen MR) is 95.6 cm³/mol. The highest BCUT2D eigenvalue weighted by Gasteiger charge is 2.23. The molecule has 2 aromatic rings. The highest BCUT2D eigenvalue weighted by Crippen LogP contribution is 2.18. The van der Waals surface area contributed by atoms with E-state index in [2.05, 4.69) is 34.1 Å². The molecule has 0 aliphatic carbocycles. The first-order chi connectivity index (χ1) is 12.0. The normalized spacial score (nSPS) is 21.8. The fourth-order valence-corrected chi connectivity index (χ4v) is 3.11. The number of hydrogen-bond acceptors (Lipinski definition) is 5. The SMILES string of the molecule is CC(Cn1cccn1)NC(=O)c1ccc(N2CC(C)OC(C)C2)nc1. The highest BCUT2D eigenvalue weighted by atomic mass is 16.5. The molecule has 3 atom stereocenters. The number of morpholine rings is 1. The van der Waals surface area contributed by atoms with Crippen molar-refractivity contribution < 1.29 is 9.53 Å². The van der Waals surface area contributed by atoms with Crippen LogP contribution in [0.3, 0.4) is 0 Å². The lowest BCUT2D eigenvalue weighted by atomic mass is 10.2. The summed E-state index contributed by atoms with van der Waals surface area (Å²) in [5.41, 5.74) is 0.561. The largest absolute Gasteiger partial charge is 0.372 e. The molecule has 0 spiro atoms. The maximum Gasteiger partial charge on any atom is 0.253 e. The van der Waals surface area contributed by atoms with E-state index < -0.39 is 0 Å². The number of amides is 1. The lowest BCUT2D eigenvalue weighted by Gasteiger charge is -2.36. The second kappa shape index (κ2) is 7.65. The van der Waals surface area contributed by atoms with E-state index in [0.29, 0.717) is 12.1 Å². The van der Waals surface area contributed by atoms with Gasteiger partial charge in [0.05, 0.1) is 24.3 Å². The summed E-state index contributed by atoms with van der Waals surface area (Å²) in [6.45, 7) is 8.33. The highest BCUT2D eigenvalue weighted by molar-refractivity contribution is 5.94. The van der Waals surface area contributed by atoms with E-state index in [1.165, 1.54) is 0 Å². The fourth-order valence-electron chi connectivity index (χ4n) is 3.11. The quantitative estimate of drug-likeness (QED) is 0.895. The van der Waals surface area contributed by atoms with Gasteiger partial charge in [-0.1, -0.05) is 0 Å². The van der Waals surface area contributed by atoms with E-state index in [0.717, 1.165) is 18.9 Å². The molecule has 3 heterocycles. The van der Waals surface area contributed by atoms with Crippen LogP contribution in [0.4, 0.5) is 5.82 Å². The smallest absolute Gasteiger partial charge is 0.253 e. The van der Waals surface area contributed by atoms with E-state index in [-0.39, 0.29) is 24.2 Å². The van der Waals surface area contributed by atoms with E-state index in [1.54, 1.807) is 17.1 Å². The topological polar surface area (TPSA) is 72.3 Å². The molecule has 7 nitrogen and oxygen atoms in total. The zero-order valence-corrected chi connectivity index (χ0v) is 14.9. The molecule has 0 saturated carbocycles. The first-order valence-electron chi connectivity index (χ1n) is 8.66. The van der Waals surface area contributed by atoms with Crippen molar-refractivity contribution in [3.8, 4) is 0 Å². The van der Waals surface area contributed by atoms with Crippen LogP contribution in [0, 0.1) is 0 Å². The Bertz CT molecular complexity index is 676. The summed E-state index contributed by atoms with van der Waals surface area (Å²) in [4.78, 5) is 19.0. The molecule has 1 aliphatic rings. The molecule has 3 unspecified atom stereocenters. The van der Waals surface area contributed by atoms with Crippen LogP contribution in [0.2, 0.25) is 0 Å². The second-order valence-corrected chi connectivity index (χ2v) is 6.67. The molecule has 7 heteroatoms. The minimum absolute atomic E-state index is 0.0204. The van der Waals surface area contributed by atoms with Crippen LogP contribution in [0.1, 0.15) is 31.1 Å². The molecule has 0 bridgehead atoms. The van der Waals surface area contributed by atoms with Gasteiger partial charge in [-0.05, 0) is 39.0 Å². The average Bonchev–Trinajstić information content (AvgIpc) is 3.07. The standard InChI is InChI=1S/C18H25N5O2/c1-13(10-23-8-4-7-20-23)21-18(24)16-5-6-17(19-9-16)22-11-14(2)25-15(3)12-22/h4-9,13-15H,10-12H2,1-3H3,(H,21,24). The van der Waals surface area contributed by atoms with Crippen molar-refractivity contribution in [3.63, 3.8) is 0 Å². The molecule has 1 N–H and O–H groups in total. The number of ether oxygens (including phenoxy) is 1. The first kappa shape index (κ1) is 17.4. The van der Waals surface area contributed by atoms with Gasteiger partial charge in [-0.3, -0.25) is 9.48 Å². The predicted octanol–water partition coefficient (Wildman–Crippen LogP) is 1.71. The Morgan fingerprint density at radius 3 is 2.72 bits per heavy atom. The van der Waals surface area contributed by atoms with E-state index in [1.807, 2.05) is 31.3 Å². The Balaban J connectivity index is 1.58. The summed E-state index contributed by atoms with van der Waals surface area (Å²) in [6.07, 6.45) is 5.59. The number of aromatic nitrogens is 3. The molecule has 0 radical (unpaired) electrons. The molecule has 134 valence electrons. The van der Waals surface area contributed by atoms with Gasteiger partial charge in [0.25, 0.3) is 5.91 Å². The number of rotatable bonds is 5. The minimum Gasteiger partial charge on any atom is -0.372 e. The van der Waals surface area contributed by atoms with Crippen molar-refractivity contribution in [2.24, 2.45) is 0 Å². The van der Waals surface area contributed by atoms with Crippen LogP contribution in [0.15, 0.2) is 36.8 Å². The molecule has 1 saturated heterocycles. The Morgan fingerprint density at radius 2 is 2.12 bits per heavy atom. The van der Waals surface area contributed by atoms with Gasteiger partial charge in [0.2, 0.25) is 0 Å². The van der Waals surface area contributed by atoms with E-state index in [9.17, 15) is 4.79 Å². The van der Waals surface area contributed by atoms with Gasteiger partial charge in [-0.25, -0.2) is 4.98 Å². The summed E-state index contributed by atoms with van der Waals surface area (Å²) in [5.74, 6) is 0.755. The summed E-state index contributed by atoms with van der Waals surface area (Å²) in [6, 6.07) is 5.57. The monoisotopic (exact) mass is 343 g/mol. The summed E-state index contributed by atoms with van der Waals surface area (Å²) < 4.78 is 7.54. The third kappa shape index (κ3) is 4.57. The number of hydrogen-bond donors (Lipinski definition) is 1. The third-order valence-electron chi connectivity index (χ3n) is 4.15. The Hall–Kier alpha value is -2.41. The van der Waals surface area contributed by atoms with Gasteiger partial charge < -0.3 is 15.0 Å². The van der Waals surface area contributed by atoms with Crippen molar-refractivity contribution in [1.82, 2.24) is 20.1 Å². The number of nitrogens with zero attached hydrogens (tertiary/aromatic N) is 4. The molecular weight excluding hydrogens is 318 g/mol. The van der Waals surface area contributed by atoms with Gasteiger partial charge in [0.1, 0.15) is 5.82 Å². The zero-order chi connectivity index (χ0) is 17.8. The Labute approximate surface area is 148 Å². The van der Waals surface area contributed by atoms with Crippen LogP contribution in [-0.4, -0.2) is 52.0 Å². The second-order valence-electron chi connectivity index (χ2n) is 6.67. The van der Waals surface area contributed by atoms with Crippen LogP contribution < -0.4 is 10.2 Å². The maximum absolute atomic E-state index is 12.4.